The van der Waals surface area contributed by atoms with Gasteiger partial charge in [-0.05, 0) is 6.92 Å². The van der Waals surface area contributed by atoms with Crippen molar-refractivity contribution in [3.8, 4) is 11.4 Å². The first-order chi connectivity index (χ1) is 11.2. The maximum absolute atomic E-state index is 5.55. The summed E-state index contributed by atoms with van der Waals surface area (Å²) in [5.41, 5.74) is 7.13. The van der Waals surface area contributed by atoms with Crippen molar-refractivity contribution in [1.29, 1.82) is 0 Å². The van der Waals surface area contributed by atoms with E-state index in [1.165, 1.54) is 0 Å². The zero-order valence-corrected chi connectivity index (χ0v) is 13.4. The highest BCUT2D eigenvalue weighted by molar-refractivity contribution is 7.18. The lowest BCUT2D eigenvalue weighted by Crippen LogP contribution is -2.37. The van der Waals surface area contributed by atoms with Crippen LogP contribution in [-0.2, 0) is 4.74 Å². The molecule has 1 aliphatic rings. The van der Waals surface area contributed by atoms with E-state index in [1.807, 2.05) is 6.92 Å². The first-order valence-electron chi connectivity index (χ1n) is 7.26. The summed E-state index contributed by atoms with van der Waals surface area (Å²) in [4.78, 5) is 25.0. The Morgan fingerprint density at radius 1 is 1.13 bits per heavy atom. The number of aromatic nitrogens is 5. The largest absolute Gasteiger partial charge is 0.378 e. The Hall–Kier alpha value is -2.39. The third-order valence-corrected chi connectivity index (χ3v) is 4.45. The van der Waals surface area contributed by atoms with Gasteiger partial charge in [0.1, 0.15) is 10.3 Å². The molecular weight excluding hydrogens is 314 g/mol. The average molecular weight is 329 g/mol. The molecule has 0 bridgehead atoms. The van der Waals surface area contributed by atoms with Gasteiger partial charge in [0.25, 0.3) is 0 Å². The zero-order valence-electron chi connectivity index (χ0n) is 12.6. The topological polar surface area (TPSA) is 103 Å². The molecule has 1 saturated heterocycles. The van der Waals surface area contributed by atoms with Crippen molar-refractivity contribution in [1.82, 2.24) is 24.9 Å². The molecule has 0 radical (unpaired) electrons. The fraction of sp³-hybridized carbons (Fsp3) is 0.357. The quantitative estimate of drug-likeness (QED) is 0.750. The van der Waals surface area contributed by atoms with Crippen molar-refractivity contribution >= 4 is 33.5 Å². The Bertz CT molecular complexity index is 842. The maximum atomic E-state index is 5.55. The zero-order chi connectivity index (χ0) is 15.8. The van der Waals surface area contributed by atoms with Crippen LogP contribution in [0.4, 0.5) is 11.8 Å². The summed E-state index contributed by atoms with van der Waals surface area (Å²) in [5, 5.41) is 0.967. The third-order valence-electron chi connectivity index (χ3n) is 3.59. The van der Waals surface area contributed by atoms with Crippen LogP contribution in [0, 0.1) is 6.92 Å². The molecule has 1 fully saturated rings. The van der Waals surface area contributed by atoms with Crippen LogP contribution in [-0.4, -0.2) is 51.2 Å². The molecule has 23 heavy (non-hydrogen) atoms. The monoisotopic (exact) mass is 329 g/mol. The summed E-state index contributed by atoms with van der Waals surface area (Å²) in [6.45, 7) is 4.94. The molecule has 0 spiro atoms. The van der Waals surface area contributed by atoms with Gasteiger partial charge in [-0.25, -0.2) is 24.9 Å². The number of nitrogens with two attached hydrogens (primary N) is 1. The van der Waals surface area contributed by atoms with E-state index in [2.05, 4.69) is 24.8 Å². The Labute approximate surface area is 136 Å². The molecule has 2 N–H and O–H groups in total. The number of hydrogen-bond donors (Lipinski definition) is 1. The van der Waals surface area contributed by atoms with Crippen molar-refractivity contribution < 1.29 is 4.74 Å². The Morgan fingerprint density at radius 2 is 1.87 bits per heavy atom. The second kappa shape index (κ2) is 5.67. The minimum Gasteiger partial charge on any atom is -0.378 e. The van der Waals surface area contributed by atoms with E-state index in [0.717, 1.165) is 39.8 Å². The van der Waals surface area contributed by atoms with Crippen LogP contribution in [0.15, 0.2) is 12.4 Å². The number of fused-ring (bicyclic) bond motifs is 1. The SMILES string of the molecule is Cc1nc2c(N3CCOCC3)nc(-c3cnc(N)nc3)nc2s1. The number of nitrogen functional groups attached to an aromatic ring is 1. The average Bonchev–Trinajstić information content (AvgIpc) is 2.95. The highest BCUT2D eigenvalue weighted by atomic mass is 32.1. The third kappa shape index (κ3) is 2.68. The van der Waals surface area contributed by atoms with Gasteiger partial charge in [0, 0.05) is 25.5 Å². The van der Waals surface area contributed by atoms with Gasteiger partial charge in [-0.2, -0.15) is 0 Å². The lowest BCUT2D eigenvalue weighted by molar-refractivity contribution is 0.122. The molecule has 8 nitrogen and oxygen atoms in total. The van der Waals surface area contributed by atoms with Crippen LogP contribution >= 0.6 is 11.3 Å². The fourth-order valence-electron chi connectivity index (χ4n) is 2.49. The molecule has 3 aromatic rings. The first-order valence-corrected chi connectivity index (χ1v) is 8.08. The molecule has 0 amide bonds. The van der Waals surface area contributed by atoms with Crippen molar-refractivity contribution in [2.45, 2.75) is 6.92 Å². The summed E-state index contributed by atoms with van der Waals surface area (Å²) < 4.78 is 5.43. The lowest BCUT2D eigenvalue weighted by Gasteiger charge is -2.28. The molecule has 4 rings (SSSR count). The van der Waals surface area contributed by atoms with Crippen molar-refractivity contribution in [3.63, 3.8) is 0 Å². The minimum atomic E-state index is 0.233. The van der Waals surface area contributed by atoms with E-state index in [9.17, 15) is 0 Å². The number of thiazole rings is 1. The number of aryl methyl sites for hydroxylation is 1. The molecule has 0 saturated carbocycles. The molecule has 118 valence electrons. The van der Waals surface area contributed by atoms with Crippen LogP contribution in [0.5, 0.6) is 0 Å². The van der Waals surface area contributed by atoms with Gasteiger partial charge in [-0.15, -0.1) is 0 Å². The van der Waals surface area contributed by atoms with Gasteiger partial charge in [0.05, 0.1) is 23.8 Å². The molecular formula is C14H15N7OS. The minimum absolute atomic E-state index is 0.233. The van der Waals surface area contributed by atoms with Crippen LogP contribution < -0.4 is 10.6 Å². The molecule has 4 heterocycles. The molecule has 0 aliphatic carbocycles. The number of ether oxygens (including phenoxy) is 1. The summed E-state index contributed by atoms with van der Waals surface area (Å²) in [5.74, 6) is 1.66. The van der Waals surface area contributed by atoms with E-state index in [-0.39, 0.29) is 5.95 Å². The predicted octanol–water partition coefficient (Wildman–Crippen LogP) is 1.27. The number of rotatable bonds is 2. The highest BCUT2D eigenvalue weighted by Crippen LogP contribution is 2.30. The van der Waals surface area contributed by atoms with Crippen LogP contribution in [0.1, 0.15) is 5.01 Å². The summed E-state index contributed by atoms with van der Waals surface area (Å²) in [7, 11) is 0. The molecule has 0 atom stereocenters. The van der Waals surface area contributed by atoms with Gasteiger partial charge in [-0.1, -0.05) is 11.3 Å². The van der Waals surface area contributed by atoms with E-state index in [4.69, 9.17) is 15.5 Å². The second-order valence-electron chi connectivity index (χ2n) is 5.19. The lowest BCUT2D eigenvalue weighted by atomic mass is 10.3. The van der Waals surface area contributed by atoms with E-state index >= 15 is 0 Å². The molecule has 3 aromatic heterocycles. The van der Waals surface area contributed by atoms with E-state index < -0.39 is 0 Å². The number of morpholine rings is 1. The number of nitrogens with zero attached hydrogens (tertiary/aromatic N) is 6. The van der Waals surface area contributed by atoms with Gasteiger partial charge >= 0.3 is 0 Å². The van der Waals surface area contributed by atoms with Crippen molar-refractivity contribution in [2.24, 2.45) is 0 Å². The molecule has 9 heteroatoms. The Morgan fingerprint density at radius 3 is 2.61 bits per heavy atom. The Kier molecular flexibility index (Phi) is 3.50. The predicted molar refractivity (Wildman–Crippen MR) is 88.4 cm³/mol. The highest BCUT2D eigenvalue weighted by Gasteiger charge is 2.20. The molecule has 1 aliphatic heterocycles. The summed E-state index contributed by atoms with van der Waals surface area (Å²) >= 11 is 1.56. The Balaban J connectivity index is 1.87. The fourth-order valence-corrected chi connectivity index (χ4v) is 3.27. The van der Waals surface area contributed by atoms with Crippen molar-refractivity contribution in [2.75, 3.05) is 36.9 Å². The standard InChI is InChI=1S/C14H15N7OS/c1-8-18-10-12(21-2-4-22-5-3-21)19-11(20-13(10)23-8)9-6-16-14(15)17-7-9/h6-7H,2-5H2,1H3,(H2,15,16,17). The number of hydrogen-bond acceptors (Lipinski definition) is 9. The first kappa shape index (κ1) is 14.2. The van der Waals surface area contributed by atoms with Crippen LogP contribution in [0.3, 0.4) is 0 Å². The van der Waals surface area contributed by atoms with Gasteiger partial charge in [-0.3, -0.25) is 0 Å². The van der Waals surface area contributed by atoms with Crippen molar-refractivity contribution in [3.05, 3.63) is 17.4 Å². The maximum Gasteiger partial charge on any atom is 0.219 e. The molecule has 0 unspecified atom stereocenters. The van der Waals surface area contributed by atoms with E-state index in [1.54, 1.807) is 23.7 Å². The van der Waals surface area contributed by atoms with E-state index in [0.29, 0.717) is 19.0 Å². The summed E-state index contributed by atoms with van der Waals surface area (Å²) in [6, 6.07) is 0. The van der Waals surface area contributed by atoms with Gasteiger partial charge in [0.15, 0.2) is 11.6 Å². The van der Waals surface area contributed by atoms with Gasteiger partial charge in [0.2, 0.25) is 5.95 Å². The number of anilines is 2. The normalized spacial score (nSPS) is 15.3. The van der Waals surface area contributed by atoms with Crippen LogP contribution in [0.25, 0.3) is 21.7 Å². The molecule has 0 aromatic carbocycles. The van der Waals surface area contributed by atoms with Crippen LogP contribution in [0.2, 0.25) is 0 Å². The van der Waals surface area contributed by atoms with Gasteiger partial charge < -0.3 is 15.4 Å². The second-order valence-corrected chi connectivity index (χ2v) is 6.37. The summed E-state index contributed by atoms with van der Waals surface area (Å²) in [6.07, 6.45) is 3.28. The smallest absolute Gasteiger partial charge is 0.219 e.